The maximum absolute atomic E-state index is 12.5. The van der Waals surface area contributed by atoms with Crippen LogP contribution in [0.2, 0.25) is 0 Å². The minimum atomic E-state index is -5.69. The van der Waals surface area contributed by atoms with Gasteiger partial charge in [-0.15, -0.1) is 0 Å². The molecule has 0 atom stereocenters. The van der Waals surface area contributed by atoms with Gasteiger partial charge in [-0.05, 0) is 61.2 Å². The van der Waals surface area contributed by atoms with Gasteiger partial charge in [0.1, 0.15) is 5.75 Å². The van der Waals surface area contributed by atoms with Crippen LogP contribution in [0.4, 0.5) is 13.2 Å². The van der Waals surface area contributed by atoms with Gasteiger partial charge in [0.15, 0.2) is 0 Å². The minimum absolute atomic E-state index is 0.195. The first-order valence-corrected chi connectivity index (χ1v) is 11.4. The van der Waals surface area contributed by atoms with Gasteiger partial charge in [0.25, 0.3) is 0 Å². The number of benzene rings is 1. The van der Waals surface area contributed by atoms with E-state index in [1.165, 1.54) is 30.7 Å². The second kappa shape index (κ2) is 10.2. The number of alkyl halides is 3. The maximum atomic E-state index is 12.5. The number of nitrogens with zero attached hydrogens (tertiary/aromatic N) is 1. The normalized spacial score (nSPS) is 15.0. The van der Waals surface area contributed by atoms with E-state index in [1.54, 1.807) is 18.2 Å². The van der Waals surface area contributed by atoms with Crippen molar-refractivity contribution < 1.29 is 35.0 Å². The van der Waals surface area contributed by atoms with Crippen LogP contribution in [-0.2, 0) is 27.9 Å². The molecule has 2 heterocycles. The van der Waals surface area contributed by atoms with Crippen LogP contribution in [0.25, 0.3) is 6.08 Å². The second-order valence-electron chi connectivity index (χ2n) is 7.33. The van der Waals surface area contributed by atoms with Crippen molar-refractivity contribution in [2.24, 2.45) is 0 Å². The van der Waals surface area contributed by atoms with Crippen LogP contribution in [0.1, 0.15) is 29.5 Å². The van der Waals surface area contributed by atoms with Gasteiger partial charge in [-0.2, -0.15) is 21.6 Å². The van der Waals surface area contributed by atoms with Crippen molar-refractivity contribution >= 4 is 22.1 Å². The fourth-order valence-corrected chi connectivity index (χ4v) is 3.73. The van der Waals surface area contributed by atoms with Crippen molar-refractivity contribution in [3.8, 4) is 5.75 Å². The highest BCUT2D eigenvalue weighted by Gasteiger charge is 2.48. The number of hydrogen-bond acceptors (Lipinski definition) is 6. The predicted molar refractivity (Wildman–Crippen MR) is 111 cm³/mol. The average molecular weight is 472 g/mol. The lowest BCUT2D eigenvalue weighted by molar-refractivity contribution is -0.116. The van der Waals surface area contributed by atoms with Gasteiger partial charge in [-0.3, -0.25) is 9.69 Å². The van der Waals surface area contributed by atoms with Crippen molar-refractivity contribution in [3.05, 3.63) is 59.6 Å². The highest BCUT2D eigenvalue weighted by Crippen LogP contribution is 2.29. The molecule has 0 radical (unpaired) electrons. The molecule has 0 spiro atoms. The molecule has 0 fully saturated rings. The molecule has 1 aliphatic heterocycles. The van der Waals surface area contributed by atoms with Crippen molar-refractivity contribution in [1.82, 2.24) is 10.2 Å². The molecular weight excluding hydrogens is 449 g/mol. The summed E-state index contributed by atoms with van der Waals surface area (Å²) < 4.78 is 69.1. The predicted octanol–water partition coefficient (Wildman–Crippen LogP) is 3.48. The number of carbonyl (C=O) groups is 1. The molecule has 7 nitrogen and oxygen atoms in total. The van der Waals surface area contributed by atoms with Gasteiger partial charge in [0.2, 0.25) is 5.91 Å². The number of amides is 1. The van der Waals surface area contributed by atoms with E-state index in [-0.39, 0.29) is 11.7 Å². The number of nitrogens with one attached hydrogen (secondary N) is 1. The third-order valence-electron chi connectivity index (χ3n) is 4.93. The van der Waals surface area contributed by atoms with Crippen LogP contribution in [0.15, 0.2) is 47.3 Å². The van der Waals surface area contributed by atoms with Gasteiger partial charge in [0, 0.05) is 31.3 Å². The quantitative estimate of drug-likeness (QED) is 0.260. The summed E-state index contributed by atoms with van der Waals surface area (Å²) in [6, 6.07) is 5.92. The number of halogens is 3. The van der Waals surface area contributed by atoms with Gasteiger partial charge >= 0.3 is 15.6 Å². The van der Waals surface area contributed by atoms with Crippen LogP contribution in [0.5, 0.6) is 5.75 Å². The highest BCUT2D eigenvalue weighted by molar-refractivity contribution is 7.88. The van der Waals surface area contributed by atoms with Crippen molar-refractivity contribution in [2.45, 2.75) is 31.3 Å². The Morgan fingerprint density at radius 3 is 2.75 bits per heavy atom. The third-order valence-corrected chi connectivity index (χ3v) is 5.91. The van der Waals surface area contributed by atoms with E-state index in [4.69, 9.17) is 4.42 Å². The first-order chi connectivity index (χ1) is 15.1. The number of hydrogen-bond donors (Lipinski definition) is 1. The Hall–Kier alpha value is -2.79. The Morgan fingerprint density at radius 1 is 1.22 bits per heavy atom. The molecule has 32 heavy (non-hydrogen) atoms. The summed E-state index contributed by atoms with van der Waals surface area (Å²) in [6.45, 7) is 2.53. The average Bonchev–Trinajstić information content (AvgIpc) is 3.24. The molecule has 2 aromatic rings. The largest absolute Gasteiger partial charge is 0.534 e. The SMILES string of the molecule is O=C(C=Cc1ccoc1)NCCCCN1CCc2ccc(OS(=O)(=O)C(F)(F)F)cc2C1. The topological polar surface area (TPSA) is 88.8 Å². The molecule has 3 rings (SSSR count). The van der Waals surface area contributed by atoms with Gasteiger partial charge in [-0.25, -0.2) is 0 Å². The zero-order valence-electron chi connectivity index (χ0n) is 17.1. The molecule has 1 N–H and O–H groups in total. The molecule has 1 aromatic heterocycles. The monoisotopic (exact) mass is 472 g/mol. The van der Waals surface area contributed by atoms with Crippen LogP contribution in [0.3, 0.4) is 0 Å². The van der Waals surface area contributed by atoms with Crippen molar-refractivity contribution in [2.75, 3.05) is 19.6 Å². The molecule has 1 aliphatic rings. The smallest absolute Gasteiger partial charge is 0.472 e. The van der Waals surface area contributed by atoms with Crippen LogP contribution >= 0.6 is 0 Å². The van der Waals surface area contributed by atoms with Crippen LogP contribution in [-0.4, -0.2) is 44.4 Å². The lowest BCUT2D eigenvalue weighted by atomic mass is 9.99. The van der Waals surface area contributed by atoms with Gasteiger partial charge in [0.05, 0.1) is 12.5 Å². The Labute approximate surface area is 184 Å². The Balaban J connectivity index is 1.42. The molecule has 0 saturated heterocycles. The number of unbranched alkanes of at least 4 members (excludes halogenated alkanes) is 1. The summed E-state index contributed by atoms with van der Waals surface area (Å²) in [6.07, 6.45) is 8.44. The minimum Gasteiger partial charge on any atom is -0.472 e. The van der Waals surface area contributed by atoms with Gasteiger partial charge < -0.3 is 13.9 Å². The number of rotatable bonds is 9. The molecule has 0 saturated carbocycles. The third kappa shape index (κ3) is 6.60. The van der Waals surface area contributed by atoms with E-state index in [2.05, 4.69) is 14.4 Å². The van der Waals surface area contributed by atoms with E-state index < -0.39 is 15.6 Å². The molecular formula is C21H23F3N2O5S. The number of carbonyl (C=O) groups excluding carboxylic acids is 1. The molecule has 11 heteroatoms. The Morgan fingerprint density at radius 2 is 2.03 bits per heavy atom. The molecule has 1 amide bonds. The zero-order valence-corrected chi connectivity index (χ0v) is 17.9. The lowest BCUT2D eigenvalue weighted by Crippen LogP contribution is -2.32. The Kier molecular flexibility index (Phi) is 7.62. The summed E-state index contributed by atoms with van der Waals surface area (Å²) in [5, 5.41) is 2.80. The van der Waals surface area contributed by atoms with E-state index in [0.29, 0.717) is 19.5 Å². The summed E-state index contributed by atoms with van der Waals surface area (Å²) in [7, 11) is -5.69. The summed E-state index contributed by atoms with van der Waals surface area (Å²) >= 11 is 0. The van der Waals surface area contributed by atoms with Gasteiger partial charge in [-0.1, -0.05) is 6.07 Å². The first kappa shape index (κ1) is 23.9. The number of furan rings is 1. The molecule has 174 valence electrons. The summed E-state index contributed by atoms with van der Waals surface area (Å²) in [4.78, 5) is 13.9. The number of fused-ring (bicyclic) bond motifs is 1. The fourth-order valence-electron chi connectivity index (χ4n) is 3.28. The molecule has 0 unspecified atom stereocenters. The molecule has 0 aliphatic carbocycles. The molecule has 1 aromatic carbocycles. The molecule has 0 bridgehead atoms. The maximum Gasteiger partial charge on any atom is 0.534 e. The van der Waals surface area contributed by atoms with E-state index >= 15 is 0 Å². The summed E-state index contributed by atoms with van der Waals surface area (Å²) in [5.74, 6) is -0.548. The first-order valence-electron chi connectivity index (χ1n) is 9.97. The van der Waals surface area contributed by atoms with Crippen LogP contribution in [0, 0.1) is 0 Å². The fraction of sp³-hybridized carbons (Fsp3) is 0.381. The lowest BCUT2D eigenvalue weighted by Gasteiger charge is -2.29. The van der Waals surface area contributed by atoms with Crippen LogP contribution < -0.4 is 9.50 Å². The summed E-state index contributed by atoms with van der Waals surface area (Å²) in [5.41, 5.74) is -2.98. The second-order valence-corrected chi connectivity index (χ2v) is 8.87. The van der Waals surface area contributed by atoms with E-state index in [1.807, 2.05) is 0 Å². The Bertz CT molecular complexity index is 1050. The van der Waals surface area contributed by atoms with Crippen molar-refractivity contribution in [3.63, 3.8) is 0 Å². The van der Waals surface area contributed by atoms with E-state index in [0.717, 1.165) is 42.6 Å². The highest BCUT2D eigenvalue weighted by atomic mass is 32.2. The standard InChI is InChI=1S/C21H23F3N2O5S/c22-21(23,24)32(28,29)31-19-5-4-17-7-11-26(14-18(17)13-19)10-2-1-9-25-20(27)6-3-16-8-12-30-15-16/h3-6,8,12-13,15H,1-2,7,9-11,14H2,(H,25,27). The zero-order chi connectivity index (χ0) is 23.2. The van der Waals surface area contributed by atoms with Crippen molar-refractivity contribution in [1.29, 1.82) is 0 Å². The van der Waals surface area contributed by atoms with E-state index in [9.17, 15) is 26.4 Å².